The van der Waals surface area contributed by atoms with E-state index in [9.17, 15) is 4.79 Å². The third-order valence-electron chi connectivity index (χ3n) is 2.66. The van der Waals surface area contributed by atoms with Gasteiger partial charge in [-0.15, -0.1) is 11.8 Å². The van der Waals surface area contributed by atoms with Crippen molar-refractivity contribution in [3.63, 3.8) is 0 Å². The Morgan fingerprint density at radius 2 is 2.21 bits per heavy atom. The Kier molecular flexibility index (Phi) is 3.70. The first-order chi connectivity index (χ1) is 6.86. The highest BCUT2D eigenvalue weighted by Crippen LogP contribution is 2.33. The van der Waals surface area contributed by atoms with Crippen LogP contribution in [-0.2, 0) is 4.79 Å². The summed E-state index contributed by atoms with van der Waals surface area (Å²) in [5.74, 6) is 1.04. The lowest BCUT2D eigenvalue weighted by atomic mass is 10.4. The standard InChI is InChI=1S/C10H18N2OS/c13-10(8-14-9-2-3-9)12-6-1-4-11-5-7-12/h9,11H,1-8H2. The molecule has 1 saturated heterocycles. The van der Waals surface area contributed by atoms with Gasteiger partial charge in [0, 0.05) is 24.9 Å². The lowest BCUT2D eigenvalue weighted by Gasteiger charge is -2.19. The van der Waals surface area contributed by atoms with Gasteiger partial charge in [-0.25, -0.2) is 0 Å². The van der Waals surface area contributed by atoms with Crippen LogP contribution in [0.25, 0.3) is 0 Å². The average Bonchev–Trinajstić information content (AvgIpc) is 3.01. The van der Waals surface area contributed by atoms with Crippen molar-refractivity contribution in [1.29, 1.82) is 0 Å². The van der Waals surface area contributed by atoms with E-state index in [0.29, 0.717) is 11.7 Å². The molecule has 1 aliphatic carbocycles. The quantitative estimate of drug-likeness (QED) is 0.751. The molecule has 0 spiro atoms. The van der Waals surface area contributed by atoms with E-state index in [1.807, 2.05) is 16.7 Å². The first-order valence-electron chi connectivity index (χ1n) is 5.46. The molecule has 1 heterocycles. The van der Waals surface area contributed by atoms with Crippen LogP contribution in [0.4, 0.5) is 0 Å². The van der Waals surface area contributed by atoms with Crippen molar-refractivity contribution in [1.82, 2.24) is 10.2 Å². The van der Waals surface area contributed by atoms with E-state index in [4.69, 9.17) is 0 Å². The van der Waals surface area contributed by atoms with E-state index in [1.54, 1.807) is 0 Å². The number of carbonyl (C=O) groups is 1. The first kappa shape index (κ1) is 10.3. The number of hydrogen-bond acceptors (Lipinski definition) is 3. The highest BCUT2D eigenvalue weighted by molar-refractivity contribution is 8.00. The number of thioether (sulfide) groups is 1. The third-order valence-corrected chi connectivity index (χ3v) is 4.02. The number of rotatable bonds is 3. The van der Waals surface area contributed by atoms with Gasteiger partial charge in [0.05, 0.1) is 5.75 Å². The van der Waals surface area contributed by atoms with Crippen LogP contribution in [-0.4, -0.2) is 48.0 Å². The van der Waals surface area contributed by atoms with E-state index in [1.165, 1.54) is 12.8 Å². The van der Waals surface area contributed by atoms with Crippen molar-refractivity contribution in [2.24, 2.45) is 0 Å². The second-order valence-corrected chi connectivity index (χ2v) is 5.28. The smallest absolute Gasteiger partial charge is 0.232 e. The SMILES string of the molecule is O=C(CSC1CC1)N1CCCNCC1. The Balaban J connectivity index is 1.70. The normalized spacial score (nSPS) is 23.3. The molecule has 1 amide bonds. The Morgan fingerprint density at radius 1 is 1.36 bits per heavy atom. The van der Waals surface area contributed by atoms with Crippen molar-refractivity contribution in [2.45, 2.75) is 24.5 Å². The van der Waals surface area contributed by atoms with Crippen molar-refractivity contribution in [3.8, 4) is 0 Å². The molecule has 0 bridgehead atoms. The summed E-state index contributed by atoms with van der Waals surface area (Å²) in [5, 5.41) is 4.10. The van der Waals surface area contributed by atoms with Crippen LogP contribution in [0.5, 0.6) is 0 Å². The van der Waals surface area contributed by atoms with E-state index >= 15 is 0 Å². The van der Waals surface area contributed by atoms with Crippen LogP contribution in [0.15, 0.2) is 0 Å². The topological polar surface area (TPSA) is 32.3 Å². The Bertz CT molecular complexity index is 198. The fourth-order valence-corrected chi connectivity index (χ4v) is 2.64. The molecule has 1 aliphatic heterocycles. The van der Waals surface area contributed by atoms with Crippen LogP contribution in [0.2, 0.25) is 0 Å². The van der Waals surface area contributed by atoms with Crippen LogP contribution in [0, 0.1) is 0 Å². The Hall–Kier alpha value is -0.220. The van der Waals surface area contributed by atoms with Gasteiger partial charge in [0.2, 0.25) is 5.91 Å². The molecule has 2 aliphatic rings. The highest BCUT2D eigenvalue weighted by atomic mass is 32.2. The van der Waals surface area contributed by atoms with Gasteiger partial charge in [-0.3, -0.25) is 4.79 Å². The van der Waals surface area contributed by atoms with Gasteiger partial charge in [0.15, 0.2) is 0 Å². The molecule has 14 heavy (non-hydrogen) atoms. The number of hydrogen-bond donors (Lipinski definition) is 1. The van der Waals surface area contributed by atoms with Crippen molar-refractivity contribution in [3.05, 3.63) is 0 Å². The molecule has 0 atom stereocenters. The van der Waals surface area contributed by atoms with E-state index < -0.39 is 0 Å². The molecule has 1 N–H and O–H groups in total. The van der Waals surface area contributed by atoms with Crippen LogP contribution >= 0.6 is 11.8 Å². The number of nitrogens with zero attached hydrogens (tertiary/aromatic N) is 1. The first-order valence-corrected chi connectivity index (χ1v) is 6.51. The Morgan fingerprint density at radius 3 is 3.00 bits per heavy atom. The third kappa shape index (κ3) is 3.17. The zero-order valence-electron chi connectivity index (χ0n) is 8.50. The van der Waals surface area contributed by atoms with Crippen molar-refractivity contribution < 1.29 is 4.79 Å². The summed E-state index contributed by atoms with van der Waals surface area (Å²) < 4.78 is 0. The highest BCUT2D eigenvalue weighted by Gasteiger charge is 2.24. The van der Waals surface area contributed by atoms with Gasteiger partial charge in [0.25, 0.3) is 0 Å². The summed E-state index contributed by atoms with van der Waals surface area (Å²) in [4.78, 5) is 13.8. The molecule has 0 radical (unpaired) electrons. The summed E-state index contributed by atoms with van der Waals surface area (Å²) in [7, 11) is 0. The fourth-order valence-electron chi connectivity index (χ4n) is 1.61. The molecule has 0 unspecified atom stereocenters. The monoisotopic (exact) mass is 214 g/mol. The lowest BCUT2D eigenvalue weighted by molar-refractivity contribution is -0.128. The van der Waals surface area contributed by atoms with Gasteiger partial charge in [-0.2, -0.15) is 0 Å². The largest absolute Gasteiger partial charge is 0.341 e. The molecule has 0 aromatic carbocycles. The minimum Gasteiger partial charge on any atom is -0.341 e. The summed E-state index contributed by atoms with van der Waals surface area (Å²) in [6.07, 6.45) is 3.73. The molecule has 0 aromatic rings. The maximum Gasteiger partial charge on any atom is 0.232 e. The molecule has 2 rings (SSSR count). The Labute approximate surface area is 89.6 Å². The van der Waals surface area contributed by atoms with Crippen LogP contribution in [0.1, 0.15) is 19.3 Å². The van der Waals surface area contributed by atoms with Crippen LogP contribution in [0.3, 0.4) is 0 Å². The molecule has 4 heteroatoms. The average molecular weight is 214 g/mol. The van der Waals surface area contributed by atoms with Gasteiger partial charge in [0.1, 0.15) is 0 Å². The summed E-state index contributed by atoms with van der Waals surface area (Å²) in [6, 6.07) is 0. The van der Waals surface area contributed by atoms with E-state index in [0.717, 1.165) is 37.8 Å². The summed E-state index contributed by atoms with van der Waals surface area (Å²) in [6.45, 7) is 3.85. The number of nitrogens with one attached hydrogen (secondary N) is 1. The zero-order valence-corrected chi connectivity index (χ0v) is 9.31. The van der Waals surface area contributed by atoms with Gasteiger partial charge in [-0.05, 0) is 25.8 Å². The zero-order chi connectivity index (χ0) is 9.80. The fraction of sp³-hybridized carbons (Fsp3) is 0.900. The molecule has 2 fully saturated rings. The molecular weight excluding hydrogens is 196 g/mol. The minimum atomic E-state index is 0.339. The van der Waals surface area contributed by atoms with E-state index in [-0.39, 0.29) is 0 Å². The maximum atomic E-state index is 11.8. The maximum absolute atomic E-state index is 11.8. The van der Waals surface area contributed by atoms with E-state index in [2.05, 4.69) is 5.32 Å². The molecule has 0 aromatic heterocycles. The predicted octanol–water partition coefficient (Wildman–Crippen LogP) is 0.704. The molecular formula is C10H18N2OS. The molecule has 3 nitrogen and oxygen atoms in total. The summed E-state index contributed by atoms with van der Waals surface area (Å²) >= 11 is 1.84. The number of amides is 1. The minimum absolute atomic E-state index is 0.339. The van der Waals surface area contributed by atoms with Gasteiger partial charge >= 0.3 is 0 Å². The molecule has 80 valence electrons. The lowest BCUT2D eigenvalue weighted by Crippen LogP contribution is -2.35. The second kappa shape index (κ2) is 5.03. The molecule has 1 saturated carbocycles. The predicted molar refractivity (Wildman–Crippen MR) is 59.5 cm³/mol. The number of carbonyl (C=O) groups excluding carboxylic acids is 1. The van der Waals surface area contributed by atoms with Gasteiger partial charge < -0.3 is 10.2 Å². The second-order valence-electron chi connectivity index (χ2n) is 3.99. The van der Waals surface area contributed by atoms with Gasteiger partial charge in [-0.1, -0.05) is 0 Å². The van der Waals surface area contributed by atoms with Crippen molar-refractivity contribution in [2.75, 3.05) is 31.9 Å². The van der Waals surface area contributed by atoms with Crippen LogP contribution < -0.4 is 5.32 Å². The van der Waals surface area contributed by atoms with Crippen molar-refractivity contribution >= 4 is 17.7 Å². The summed E-state index contributed by atoms with van der Waals surface area (Å²) in [5.41, 5.74) is 0.